The first-order valence-corrected chi connectivity index (χ1v) is 15.0. The van der Waals surface area contributed by atoms with Crippen LogP contribution in [0.15, 0.2) is 11.6 Å². The number of carbonyl (C=O) groups excluding carboxylic acids is 2. The third-order valence-corrected chi connectivity index (χ3v) is 11.6. The molecule has 0 amide bonds. The molecule has 0 unspecified atom stereocenters. The number of hydrogen-bond donors (Lipinski definition) is 1. The van der Waals surface area contributed by atoms with Crippen molar-refractivity contribution in [2.45, 2.75) is 116 Å². The fourth-order valence-electron chi connectivity index (χ4n) is 9.67. The summed E-state index contributed by atoms with van der Waals surface area (Å²) in [5, 5.41) is 8.73. The van der Waals surface area contributed by atoms with Crippen molar-refractivity contribution in [2.75, 3.05) is 6.61 Å². The number of ether oxygens (including phenoxy) is 2. The van der Waals surface area contributed by atoms with Crippen molar-refractivity contribution < 1.29 is 29.0 Å². The van der Waals surface area contributed by atoms with Gasteiger partial charge >= 0.3 is 17.9 Å². The molecule has 1 heterocycles. The van der Waals surface area contributed by atoms with Crippen LogP contribution in [0.25, 0.3) is 0 Å². The molecule has 0 aromatic heterocycles. The Morgan fingerprint density at radius 2 is 1.68 bits per heavy atom. The van der Waals surface area contributed by atoms with Crippen LogP contribution in [0.4, 0.5) is 0 Å². The largest absolute Gasteiger partial charge is 0.481 e. The number of aliphatic carboxylic acids is 1. The van der Waals surface area contributed by atoms with Gasteiger partial charge in [0, 0.05) is 18.9 Å². The lowest BCUT2D eigenvalue weighted by Crippen LogP contribution is -2.54. The maximum Gasteiger partial charge on any atom is 0.331 e. The average molecular weight is 515 g/mol. The number of fused-ring (bicyclic) bond motifs is 5. The molecule has 8 atom stereocenters. The highest BCUT2D eigenvalue weighted by Gasteiger charge is 2.60. The molecule has 6 nitrogen and oxygen atoms in total. The molecule has 0 bridgehead atoms. The summed E-state index contributed by atoms with van der Waals surface area (Å²) in [6.45, 7) is 5.56. The highest BCUT2D eigenvalue weighted by atomic mass is 16.5. The van der Waals surface area contributed by atoms with E-state index in [1.807, 2.05) is 0 Å². The summed E-state index contributed by atoms with van der Waals surface area (Å²) in [5.41, 5.74) is 1.89. The molecule has 0 aromatic rings. The minimum absolute atomic E-state index is 0.0608. The van der Waals surface area contributed by atoms with E-state index in [4.69, 9.17) is 14.6 Å². The summed E-state index contributed by atoms with van der Waals surface area (Å²) in [7, 11) is 0. The first-order valence-electron chi connectivity index (χ1n) is 15.0. The Morgan fingerprint density at radius 3 is 2.41 bits per heavy atom. The quantitative estimate of drug-likeness (QED) is 0.280. The molecule has 0 radical (unpaired) electrons. The standard InChI is InChI=1S/C31H46O6/c1-30-15-13-22(37-28(34)8-6-4-3-5-7-27(32)33)18-21(30)9-10-23-25-12-11-24(20-17-29(35)36-19-20)31(25,2)16-14-26(23)30/h17,21-26H,3-16,18-19H2,1-2H3,(H,32,33)/t21-,22+,23+,24-,25+,26+,30+,31-/m1/s1. The second-order valence-corrected chi connectivity index (χ2v) is 13.4. The Morgan fingerprint density at radius 1 is 0.946 bits per heavy atom. The number of carboxylic acid groups (broad SMARTS) is 1. The predicted octanol–water partition coefficient (Wildman–Crippen LogP) is 6.47. The number of carbonyl (C=O) groups is 3. The van der Waals surface area contributed by atoms with Gasteiger partial charge in [-0.3, -0.25) is 9.59 Å². The van der Waals surface area contributed by atoms with Crippen LogP contribution in [0.1, 0.15) is 110 Å². The number of unbranched alkanes of at least 4 members (excludes halogenated alkanes) is 3. The van der Waals surface area contributed by atoms with Gasteiger partial charge in [0.05, 0.1) is 0 Å². The molecule has 0 saturated heterocycles. The number of cyclic esters (lactones) is 1. The van der Waals surface area contributed by atoms with Crippen LogP contribution >= 0.6 is 0 Å². The highest BCUT2D eigenvalue weighted by Crippen LogP contribution is 2.68. The van der Waals surface area contributed by atoms with Crippen LogP contribution < -0.4 is 0 Å². The number of rotatable bonds is 9. The topological polar surface area (TPSA) is 89.9 Å². The maximum absolute atomic E-state index is 12.5. The van der Waals surface area contributed by atoms with Crippen molar-refractivity contribution in [3.63, 3.8) is 0 Å². The van der Waals surface area contributed by atoms with Crippen molar-refractivity contribution in [3.05, 3.63) is 11.6 Å². The van der Waals surface area contributed by atoms with Gasteiger partial charge in [-0.2, -0.15) is 0 Å². The fourth-order valence-corrected chi connectivity index (χ4v) is 9.67. The molecule has 5 aliphatic rings. The smallest absolute Gasteiger partial charge is 0.331 e. The van der Waals surface area contributed by atoms with Gasteiger partial charge in [0.1, 0.15) is 12.7 Å². The SMILES string of the molecule is C[C@]12CC[C@H](OC(=O)CCCCCCC(=O)O)C[C@H]1CC[C@@H]1[C@@H]2CC[C@]2(C)[C@@H](C3=CC(=O)OC3)CC[C@@H]12. The van der Waals surface area contributed by atoms with Crippen molar-refractivity contribution in [2.24, 2.45) is 40.4 Å². The van der Waals surface area contributed by atoms with Crippen LogP contribution in [-0.4, -0.2) is 35.7 Å². The van der Waals surface area contributed by atoms with E-state index in [-0.39, 0.29) is 24.5 Å². The van der Waals surface area contributed by atoms with E-state index >= 15 is 0 Å². The molecular weight excluding hydrogens is 468 g/mol. The van der Waals surface area contributed by atoms with Gasteiger partial charge in [-0.15, -0.1) is 0 Å². The predicted molar refractivity (Wildman–Crippen MR) is 139 cm³/mol. The summed E-state index contributed by atoms with van der Waals surface area (Å²) in [5.74, 6) is 2.46. The Kier molecular flexibility index (Phi) is 7.75. The van der Waals surface area contributed by atoms with Gasteiger partial charge in [-0.25, -0.2) is 4.79 Å². The van der Waals surface area contributed by atoms with Crippen LogP contribution in [0.2, 0.25) is 0 Å². The zero-order valence-electron chi connectivity index (χ0n) is 22.8. The third-order valence-electron chi connectivity index (χ3n) is 11.6. The molecule has 37 heavy (non-hydrogen) atoms. The normalized spacial score (nSPS) is 40.7. The average Bonchev–Trinajstić information content (AvgIpc) is 3.43. The third kappa shape index (κ3) is 5.23. The Balaban J connectivity index is 1.13. The number of esters is 2. The molecule has 6 heteroatoms. The van der Waals surface area contributed by atoms with Crippen molar-refractivity contribution in [3.8, 4) is 0 Å². The van der Waals surface area contributed by atoms with Gasteiger partial charge in [-0.05, 0) is 117 Å². The molecule has 1 aliphatic heterocycles. The van der Waals surface area contributed by atoms with Gasteiger partial charge in [-0.1, -0.05) is 26.7 Å². The fraction of sp³-hybridized carbons (Fsp3) is 0.839. The summed E-state index contributed by atoms with van der Waals surface area (Å²) < 4.78 is 11.2. The molecule has 4 fully saturated rings. The van der Waals surface area contributed by atoms with E-state index in [2.05, 4.69) is 13.8 Å². The Bertz CT molecular complexity index is 925. The van der Waals surface area contributed by atoms with Crippen LogP contribution in [0.3, 0.4) is 0 Å². The van der Waals surface area contributed by atoms with Crippen LogP contribution in [-0.2, 0) is 23.9 Å². The lowest BCUT2D eigenvalue weighted by Gasteiger charge is -2.61. The second-order valence-electron chi connectivity index (χ2n) is 13.4. The molecular formula is C31H46O6. The Hall–Kier alpha value is -1.85. The van der Waals surface area contributed by atoms with Crippen LogP contribution in [0.5, 0.6) is 0 Å². The van der Waals surface area contributed by atoms with E-state index in [0.29, 0.717) is 42.1 Å². The van der Waals surface area contributed by atoms with Gasteiger partial charge in [0.25, 0.3) is 0 Å². The Labute approximate surface area is 221 Å². The molecule has 0 spiro atoms. The van der Waals surface area contributed by atoms with Gasteiger partial charge in [0.15, 0.2) is 0 Å². The number of hydrogen-bond acceptors (Lipinski definition) is 5. The molecule has 1 N–H and O–H groups in total. The highest BCUT2D eigenvalue weighted by molar-refractivity contribution is 5.85. The van der Waals surface area contributed by atoms with E-state index in [0.717, 1.165) is 56.3 Å². The lowest BCUT2D eigenvalue weighted by molar-refractivity contribution is -0.162. The minimum atomic E-state index is -0.748. The first-order chi connectivity index (χ1) is 17.7. The molecule has 4 aliphatic carbocycles. The first kappa shape index (κ1) is 26.7. The zero-order valence-corrected chi connectivity index (χ0v) is 22.8. The molecule has 4 saturated carbocycles. The molecule has 206 valence electrons. The van der Waals surface area contributed by atoms with Gasteiger partial charge in [0.2, 0.25) is 0 Å². The number of carboxylic acids is 1. The molecule has 5 rings (SSSR count). The summed E-state index contributed by atoms with van der Waals surface area (Å²) >= 11 is 0. The van der Waals surface area contributed by atoms with Crippen molar-refractivity contribution >= 4 is 17.9 Å². The van der Waals surface area contributed by atoms with E-state index < -0.39 is 5.97 Å². The van der Waals surface area contributed by atoms with Crippen LogP contribution in [0, 0.1) is 40.4 Å². The summed E-state index contributed by atoms with van der Waals surface area (Å²) in [6.07, 6.45) is 16.4. The van der Waals surface area contributed by atoms with E-state index in [9.17, 15) is 14.4 Å². The zero-order chi connectivity index (χ0) is 26.2. The second kappa shape index (κ2) is 10.7. The minimum Gasteiger partial charge on any atom is -0.481 e. The lowest BCUT2D eigenvalue weighted by atomic mass is 9.44. The maximum atomic E-state index is 12.5. The van der Waals surface area contributed by atoms with Crippen molar-refractivity contribution in [1.82, 2.24) is 0 Å². The molecule has 0 aromatic carbocycles. The summed E-state index contributed by atoms with van der Waals surface area (Å²) in [4.78, 5) is 34.9. The van der Waals surface area contributed by atoms with E-state index in [1.165, 1.54) is 44.1 Å². The monoisotopic (exact) mass is 514 g/mol. The van der Waals surface area contributed by atoms with Gasteiger partial charge < -0.3 is 14.6 Å². The summed E-state index contributed by atoms with van der Waals surface area (Å²) in [6, 6.07) is 0. The van der Waals surface area contributed by atoms with Crippen molar-refractivity contribution in [1.29, 1.82) is 0 Å². The van der Waals surface area contributed by atoms with E-state index in [1.54, 1.807) is 6.08 Å².